The number of rotatable bonds is 4. The quantitative estimate of drug-likeness (QED) is 0.660. The van der Waals surface area contributed by atoms with E-state index in [1.807, 2.05) is 6.07 Å². The summed E-state index contributed by atoms with van der Waals surface area (Å²) in [5.74, 6) is -1.35. The molecule has 27 heavy (non-hydrogen) atoms. The van der Waals surface area contributed by atoms with Gasteiger partial charge in [-0.05, 0) is 31.4 Å². The highest BCUT2D eigenvalue weighted by Crippen LogP contribution is 2.37. The van der Waals surface area contributed by atoms with Crippen LogP contribution < -0.4 is 0 Å². The van der Waals surface area contributed by atoms with Crippen molar-refractivity contribution in [1.82, 2.24) is 4.90 Å². The summed E-state index contributed by atoms with van der Waals surface area (Å²) >= 11 is 0. The van der Waals surface area contributed by atoms with E-state index < -0.39 is 22.2 Å². The fraction of sp³-hybridized carbons (Fsp3) is 0.300. The van der Waals surface area contributed by atoms with Crippen molar-refractivity contribution in [2.75, 3.05) is 13.1 Å². The summed E-state index contributed by atoms with van der Waals surface area (Å²) < 4.78 is 0. The monoisotopic (exact) mass is 368 g/mol. The molecule has 0 saturated carbocycles. The average molecular weight is 368 g/mol. The van der Waals surface area contributed by atoms with E-state index in [0.29, 0.717) is 11.1 Å². The number of benzene rings is 2. The molecule has 1 heterocycles. The van der Waals surface area contributed by atoms with Crippen molar-refractivity contribution < 1.29 is 19.6 Å². The lowest BCUT2D eigenvalue weighted by atomic mass is 9.72. The Hall–Kier alpha value is -3.22. The van der Waals surface area contributed by atoms with Crippen molar-refractivity contribution in [3.8, 4) is 0 Å². The van der Waals surface area contributed by atoms with Gasteiger partial charge < -0.3 is 10.0 Å². The molecule has 0 spiro atoms. The van der Waals surface area contributed by atoms with Gasteiger partial charge in [0.25, 0.3) is 11.6 Å². The van der Waals surface area contributed by atoms with Crippen LogP contribution in [-0.2, 0) is 10.2 Å². The van der Waals surface area contributed by atoms with Gasteiger partial charge in [0.15, 0.2) is 0 Å². The highest BCUT2D eigenvalue weighted by molar-refractivity contribution is 5.99. The molecule has 0 atom stereocenters. The Labute approximate surface area is 156 Å². The second-order valence-corrected chi connectivity index (χ2v) is 6.77. The van der Waals surface area contributed by atoms with Gasteiger partial charge in [-0.3, -0.25) is 19.7 Å². The van der Waals surface area contributed by atoms with E-state index in [-0.39, 0.29) is 37.2 Å². The number of nitro groups is 1. The number of amides is 1. The maximum absolute atomic E-state index is 12.9. The van der Waals surface area contributed by atoms with Crippen LogP contribution in [0.1, 0.15) is 34.3 Å². The molecule has 3 rings (SSSR count). The molecule has 1 amide bonds. The van der Waals surface area contributed by atoms with Gasteiger partial charge in [0.1, 0.15) is 5.56 Å². The third-order valence-electron chi connectivity index (χ3n) is 5.29. The summed E-state index contributed by atoms with van der Waals surface area (Å²) in [6.07, 6.45) is 0.523. The smallest absolute Gasteiger partial charge is 0.314 e. The van der Waals surface area contributed by atoms with E-state index in [0.717, 1.165) is 0 Å². The van der Waals surface area contributed by atoms with Crippen LogP contribution in [0.15, 0.2) is 48.5 Å². The van der Waals surface area contributed by atoms with Crippen molar-refractivity contribution in [3.63, 3.8) is 0 Å². The van der Waals surface area contributed by atoms with Crippen molar-refractivity contribution in [1.29, 1.82) is 0 Å². The number of carboxylic acids is 1. The van der Waals surface area contributed by atoms with Gasteiger partial charge in [0.2, 0.25) is 0 Å². The molecule has 140 valence electrons. The number of piperidine rings is 1. The van der Waals surface area contributed by atoms with Gasteiger partial charge in [-0.25, -0.2) is 0 Å². The number of carboxylic acid groups (broad SMARTS) is 1. The van der Waals surface area contributed by atoms with E-state index in [9.17, 15) is 24.8 Å². The molecule has 1 aliphatic rings. The number of aryl methyl sites for hydroxylation is 1. The first-order chi connectivity index (χ1) is 12.9. The summed E-state index contributed by atoms with van der Waals surface area (Å²) in [6.45, 7) is 2.05. The van der Waals surface area contributed by atoms with Crippen LogP contribution in [0.2, 0.25) is 0 Å². The molecule has 1 N–H and O–H groups in total. The summed E-state index contributed by atoms with van der Waals surface area (Å²) in [5, 5.41) is 21.2. The van der Waals surface area contributed by atoms with Gasteiger partial charge in [0.05, 0.1) is 10.3 Å². The minimum atomic E-state index is -1.05. The molecule has 0 radical (unpaired) electrons. The third kappa shape index (κ3) is 3.28. The number of carbonyl (C=O) groups is 2. The molecule has 1 saturated heterocycles. The van der Waals surface area contributed by atoms with Crippen LogP contribution in [0.3, 0.4) is 0 Å². The molecule has 2 aromatic carbocycles. The largest absolute Gasteiger partial charge is 0.481 e. The Morgan fingerprint density at radius 2 is 1.70 bits per heavy atom. The first kappa shape index (κ1) is 18.6. The van der Waals surface area contributed by atoms with E-state index >= 15 is 0 Å². The Kier molecular flexibility index (Phi) is 4.94. The normalized spacial score (nSPS) is 16.0. The third-order valence-corrected chi connectivity index (χ3v) is 5.29. The van der Waals surface area contributed by atoms with Crippen molar-refractivity contribution >= 4 is 17.6 Å². The second kappa shape index (κ2) is 7.19. The predicted molar refractivity (Wildman–Crippen MR) is 98.7 cm³/mol. The standard InChI is InChI=1S/C20H20N2O5/c1-14-6-5-9-16(17(14)22(26)27)18(23)21-12-10-20(11-13-21,19(24)25)15-7-3-2-4-8-15/h2-9H,10-13H2,1H3,(H,24,25). The molecule has 0 bridgehead atoms. The Bertz CT molecular complexity index is 887. The van der Waals surface area contributed by atoms with Crippen LogP contribution in [0.4, 0.5) is 5.69 Å². The summed E-state index contributed by atoms with van der Waals surface area (Å²) in [7, 11) is 0. The lowest BCUT2D eigenvalue weighted by Gasteiger charge is -2.39. The Morgan fingerprint density at radius 1 is 1.07 bits per heavy atom. The number of para-hydroxylation sites is 1. The molecule has 0 unspecified atom stereocenters. The maximum atomic E-state index is 12.9. The van der Waals surface area contributed by atoms with Gasteiger partial charge in [-0.15, -0.1) is 0 Å². The zero-order valence-electron chi connectivity index (χ0n) is 14.9. The van der Waals surface area contributed by atoms with E-state index in [1.54, 1.807) is 43.3 Å². The lowest BCUT2D eigenvalue weighted by molar-refractivity contribution is -0.385. The molecular weight excluding hydrogens is 348 g/mol. The van der Waals surface area contributed by atoms with Crippen LogP contribution in [0.5, 0.6) is 0 Å². The van der Waals surface area contributed by atoms with Gasteiger partial charge in [-0.2, -0.15) is 0 Å². The lowest BCUT2D eigenvalue weighted by Crippen LogP contribution is -2.49. The number of hydrogen-bond acceptors (Lipinski definition) is 4. The molecule has 0 aromatic heterocycles. The van der Waals surface area contributed by atoms with Crippen molar-refractivity contribution in [2.24, 2.45) is 0 Å². The van der Waals surface area contributed by atoms with Crippen LogP contribution >= 0.6 is 0 Å². The number of aliphatic carboxylic acids is 1. The first-order valence-electron chi connectivity index (χ1n) is 8.69. The molecule has 7 heteroatoms. The van der Waals surface area contributed by atoms with Gasteiger partial charge >= 0.3 is 5.97 Å². The summed E-state index contributed by atoms with van der Waals surface area (Å²) in [6, 6.07) is 13.7. The number of nitro benzene ring substituents is 1. The van der Waals surface area contributed by atoms with E-state index in [1.165, 1.54) is 11.0 Å². The highest BCUT2D eigenvalue weighted by atomic mass is 16.6. The Morgan fingerprint density at radius 3 is 2.26 bits per heavy atom. The van der Waals surface area contributed by atoms with Crippen LogP contribution in [0.25, 0.3) is 0 Å². The number of likely N-dealkylation sites (tertiary alicyclic amines) is 1. The predicted octanol–water partition coefficient (Wildman–Crippen LogP) is 3.16. The molecule has 1 fully saturated rings. The van der Waals surface area contributed by atoms with E-state index in [2.05, 4.69) is 0 Å². The minimum absolute atomic E-state index is 0.0440. The number of hydrogen-bond donors (Lipinski definition) is 1. The molecule has 0 aliphatic carbocycles. The summed E-state index contributed by atoms with van der Waals surface area (Å²) in [4.78, 5) is 37.2. The van der Waals surface area contributed by atoms with Gasteiger partial charge in [0, 0.05) is 18.7 Å². The summed E-state index contributed by atoms with van der Waals surface area (Å²) in [5.41, 5.74) is -0.0577. The Balaban J connectivity index is 1.86. The average Bonchev–Trinajstić information content (AvgIpc) is 2.67. The fourth-order valence-electron chi connectivity index (χ4n) is 3.72. The number of nitrogens with zero attached hydrogens (tertiary/aromatic N) is 2. The maximum Gasteiger partial charge on any atom is 0.314 e. The topological polar surface area (TPSA) is 101 Å². The molecular formula is C20H20N2O5. The molecule has 1 aliphatic heterocycles. The van der Waals surface area contributed by atoms with Crippen LogP contribution in [-0.4, -0.2) is 39.9 Å². The highest BCUT2D eigenvalue weighted by Gasteiger charge is 2.44. The zero-order valence-corrected chi connectivity index (χ0v) is 14.9. The molecule has 7 nitrogen and oxygen atoms in total. The minimum Gasteiger partial charge on any atom is -0.481 e. The zero-order chi connectivity index (χ0) is 19.6. The van der Waals surface area contributed by atoms with Crippen LogP contribution in [0, 0.1) is 17.0 Å². The second-order valence-electron chi connectivity index (χ2n) is 6.77. The number of carbonyl (C=O) groups excluding carboxylic acids is 1. The van der Waals surface area contributed by atoms with Gasteiger partial charge in [-0.1, -0.05) is 42.5 Å². The van der Waals surface area contributed by atoms with E-state index in [4.69, 9.17) is 0 Å². The SMILES string of the molecule is Cc1cccc(C(=O)N2CCC(C(=O)O)(c3ccccc3)CC2)c1[N+](=O)[O-]. The molecule has 2 aromatic rings. The van der Waals surface area contributed by atoms with Crippen molar-refractivity contribution in [2.45, 2.75) is 25.2 Å². The first-order valence-corrected chi connectivity index (χ1v) is 8.69. The fourth-order valence-corrected chi connectivity index (χ4v) is 3.72. The van der Waals surface area contributed by atoms with Crippen molar-refractivity contribution in [3.05, 3.63) is 75.3 Å².